The van der Waals surface area contributed by atoms with Crippen molar-refractivity contribution >= 4 is 12.6 Å². The molecule has 2 N–H and O–H groups in total. The van der Waals surface area contributed by atoms with Crippen LogP contribution in [0.5, 0.6) is 0 Å². The molecule has 0 radical (unpaired) electrons. The Balaban J connectivity index is 3.14. The van der Waals surface area contributed by atoms with Crippen molar-refractivity contribution in [3.63, 3.8) is 0 Å². The lowest BCUT2D eigenvalue weighted by Gasteiger charge is -1.73. The fourth-order valence-corrected chi connectivity index (χ4v) is 0. The van der Waals surface area contributed by atoms with Crippen LogP contribution in [-0.4, -0.2) is 0 Å². The molecule has 0 aromatic carbocycles. The van der Waals surface area contributed by atoms with Gasteiger partial charge in [0.2, 0.25) is 0 Å². The van der Waals surface area contributed by atoms with E-state index in [1.54, 1.807) is 0 Å². The van der Waals surface area contributed by atoms with Crippen LogP contribution in [0.15, 0.2) is 11.1 Å². The Morgan fingerprint density at radius 1 is 2.00 bits per heavy atom. The van der Waals surface area contributed by atoms with Gasteiger partial charge in [0.15, 0.2) is 0 Å². The predicted molar refractivity (Wildman–Crippen MR) is 26.9 cm³/mol. The number of rotatable bonds is 0. The van der Waals surface area contributed by atoms with Gasteiger partial charge in [-0.25, -0.2) is 0 Å². The molecule has 0 saturated heterocycles. The van der Waals surface area contributed by atoms with Gasteiger partial charge in [0.1, 0.15) is 0 Å². The van der Waals surface area contributed by atoms with Crippen LogP contribution in [0.3, 0.4) is 0 Å². The maximum Gasteiger partial charge on any atom is 0.00291 e. The van der Waals surface area contributed by atoms with Gasteiger partial charge < -0.3 is 5.73 Å². The Kier molecular flexibility index (Phi) is 2.10. The molecule has 30 valence electrons. The first-order valence-electron chi connectivity index (χ1n) is 1.35. The quantitative estimate of drug-likeness (QED) is 0.420. The van der Waals surface area contributed by atoms with E-state index in [9.17, 15) is 0 Å². The normalized spacial score (nSPS) is 12.0. The highest BCUT2D eigenvalue weighted by Crippen LogP contribution is 1.89. The zero-order valence-corrected chi connectivity index (χ0v) is 4.00. The Bertz CT molecular complexity index is 44.9. The number of hydrogen-bond acceptors (Lipinski definition) is 2. The number of hydrogen-bond donors (Lipinski definition) is 2. The second kappa shape index (κ2) is 2.15. The smallest absolute Gasteiger partial charge is 0.00291 e. The summed E-state index contributed by atoms with van der Waals surface area (Å²) in [7, 11) is 0. The minimum atomic E-state index is 0.852. The van der Waals surface area contributed by atoms with Gasteiger partial charge in [-0.3, -0.25) is 0 Å². The Morgan fingerprint density at radius 3 is 2.20 bits per heavy atom. The van der Waals surface area contributed by atoms with Gasteiger partial charge in [-0.2, -0.15) is 0 Å². The minimum absolute atomic E-state index is 0.852. The summed E-state index contributed by atoms with van der Waals surface area (Å²) in [5.74, 6) is 0. The Hall–Kier alpha value is -0.110. The van der Waals surface area contributed by atoms with Crippen molar-refractivity contribution in [2.45, 2.75) is 6.92 Å². The summed E-state index contributed by atoms with van der Waals surface area (Å²) in [5, 5.41) is 0. The molecule has 0 unspecified atom stereocenters. The van der Waals surface area contributed by atoms with E-state index in [1.165, 1.54) is 6.20 Å². The molecule has 0 heterocycles. The van der Waals surface area contributed by atoms with Crippen LogP contribution >= 0.6 is 12.6 Å². The van der Waals surface area contributed by atoms with Gasteiger partial charge in [-0.05, 0) is 11.8 Å². The van der Waals surface area contributed by atoms with E-state index in [-0.39, 0.29) is 0 Å². The molecule has 2 heteroatoms. The van der Waals surface area contributed by atoms with E-state index in [0.29, 0.717) is 0 Å². The van der Waals surface area contributed by atoms with Gasteiger partial charge >= 0.3 is 0 Å². The van der Waals surface area contributed by atoms with Crippen LogP contribution in [-0.2, 0) is 0 Å². The summed E-state index contributed by atoms with van der Waals surface area (Å²) in [6.07, 6.45) is 1.45. The molecule has 0 saturated carbocycles. The first-order chi connectivity index (χ1) is 2.27. The van der Waals surface area contributed by atoms with Gasteiger partial charge in [0.05, 0.1) is 0 Å². The molecule has 0 amide bonds. The third-order valence-electron chi connectivity index (χ3n) is 0.241. The van der Waals surface area contributed by atoms with Crippen LogP contribution in [0.25, 0.3) is 0 Å². The Morgan fingerprint density at radius 2 is 2.20 bits per heavy atom. The van der Waals surface area contributed by atoms with Gasteiger partial charge in [0.25, 0.3) is 0 Å². The highest BCUT2D eigenvalue weighted by atomic mass is 32.1. The van der Waals surface area contributed by atoms with E-state index >= 15 is 0 Å². The second-order valence-electron chi connectivity index (χ2n) is 0.808. The molecular formula is C3H7NS. The number of thiol groups is 1. The molecule has 0 bridgehead atoms. The summed E-state index contributed by atoms with van der Waals surface area (Å²) in [5.41, 5.74) is 4.93. The maximum atomic E-state index is 4.93. The molecule has 0 fully saturated rings. The molecule has 1 nitrogen and oxygen atoms in total. The largest absolute Gasteiger partial charge is 0.404 e. The summed E-state index contributed by atoms with van der Waals surface area (Å²) in [6.45, 7) is 1.82. The molecule has 0 aromatic heterocycles. The minimum Gasteiger partial charge on any atom is -0.404 e. The molecule has 0 aliphatic rings. The fraction of sp³-hybridized carbons (Fsp3) is 0.333. The van der Waals surface area contributed by atoms with E-state index < -0.39 is 0 Å². The van der Waals surface area contributed by atoms with Crippen molar-refractivity contribution in [2.75, 3.05) is 0 Å². The van der Waals surface area contributed by atoms with Crippen molar-refractivity contribution < 1.29 is 0 Å². The highest BCUT2D eigenvalue weighted by Gasteiger charge is 1.62. The van der Waals surface area contributed by atoms with Gasteiger partial charge in [0, 0.05) is 6.20 Å². The molecule has 0 spiro atoms. The summed E-state index contributed by atoms with van der Waals surface area (Å²) >= 11 is 3.83. The lowest BCUT2D eigenvalue weighted by Crippen LogP contribution is -1.75. The molecular weight excluding hydrogens is 82.1 g/mol. The second-order valence-corrected chi connectivity index (χ2v) is 1.51. The highest BCUT2D eigenvalue weighted by molar-refractivity contribution is 7.84. The first kappa shape index (κ1) is 4.89. The van der Waals surface area contributed by atoms with Crippen LogP contribution in [0, 0.1) is 0 Å². The van der Waals surface area contributed by atoms with Crippen LogP contribution < -0.4 is 5.73 Å². The summed E-state index contributed by atoms with van der Waals surface area (Å²) in [4.78, 5) is 0.852. The molecule has 0 aliphatic heterocycles. The molecule has 0 aromatic rings. The van der Waals surface area contributed by atoms with Crippen molar-refractivity contribution in [2.24, 2.45) is 5.73 Å². The van der Waals surface area contributed by atoms with Crippen LogP contribution in [0.2, 0.25) is 0 Å². The van der Waals surface area contributed by atoms with Crippen LogP contribution in [0.4, 0.5) is 0 Å². The summed E-state index contributed by atoms with van der Waals surface area (Å²) in [6, 6.07) is 0. The van der Waals surface area contributed by atoms with Crippen molar-refractivity contribution in [3.8, 4) is 0 Å². The topological polar surface area (TPSA) is 26.0 Å². The fourth-order valence-electron chi connectivity index (χ4n) is 0. The molecule has 0 aliphatic carbocycles. The van der Waals surface area contributed by atoms with Crippen molar-refractivity contribution in [1.82, 2.24) is 0 Å². The first-order valence-corrected chi connectivity index (χ1v) is 1.79. The lowest BCUT2D eigenvalue weighted by atomic mass is 10.7. The average molecular weight is 89.2 g/mol. The van der Waals surface area contributed by atoms with Gasteiger partial charge in [-0.15, -0.1) is 12.6 Å². The number of nitrogens with two attached hydrogens (primary N) is 1. The third-order valence-corrected chi connectivity index (χ3v) is 0.390. The van der Waals surface area contributed by atoms with E-state index in [1.807, 2.05) is 6.92 Å². The SMILES string of the molecule is C/C(S)=C\N. The average Bonchev–Trinajstić information content (AvgIpc) is 1.38. The van der Waals surface area contributed by atoms with E-state index in [2.05, 4.69) is 12.6 Å². The molecule has 5 heavy (non-hydrogen) atoms. The predicted octanol–water partition coefficient (Wildman–Crippen LogP) is 0.736. The van der Waals surface area contributed by atoms with Crippen molar-refractivity contribution in [1.29, 1.82) is 0 Å². The van der Waals surface area contributed by atoms with Crippen molar-refractivity contribution in [3.05, 3.63) is 11.1 Å². The summed E-state index contributed by atoms with van der Waals surface area (Å²) < 4.78 is 0. The van der Waals surface area contributed by atoms with Crippen LogP contribution in [0.1, 0.15) is 6.92 Å². The Labute approximate surface area is 37.3 Å². The lowest BCUT2D eigenvalue weighted by molar-refractivity contribution is 1.53. The zero-order valence-electron chi connectivity index (χ0n) is 3.10. The third kappa shape index (κ3) is 3.89. The van der Waals surface area contributed by atoms with Gasteiger partial charge in [-0.1, -0.05) is 0 Å². The monoisotopic (exact) mass is 89.0 g/mol. The molecule has 0 rings (SSSR count). The zero-order chi connectivity index (χ0) is 4.28. The van der Waals surface area contributed by atoms with E-state index in [0.717, 1.165) is 4.91 Å². The maximum absolute atomic E-state index is 4.93. The number of allylic oxidation sites excluding steroid dienone is 1. The standard InChI is InChI=1S/C3H7NS/c1-3(5)2-4/h2,5H,4H2,1H3/b3-2+. The van der Waals surface area contributed by atoms with E-state index in [4.69, 9.17) is 5.73 Å². The molecule has 0 atom stereocenters.